The van der Waals surface area contributed by atoms with Gasteiger partial charge in [-0.3, -0.25) is 4.98 Å². The first-order valence-electron chi connectivity index (χ1n) is 6.75. The molecule has 0 radical (unpaired) electrons. The molecule has 0 aliphatic carbocycles. The number of carbonyl (C=O) groups excluding carboxylic acids is 1. The molecule has 0 aliphatic heterocycles. The number of hydrogen-bond donors (Lipinski definition) is 0. The molecule has 1 heterocycles. The summed E-state index contributed by atoms with van der Waals surface area (Å²) in [7, 11) is 0. The second-order valence-corrected chi connectivity index (χ2v) is 7.18. The molecule has 0 aliphatic rings. The van der Waals surface area contributed by atoms with Crippen molar-refractivity contribution < 1.29 is 9.53 Å². The van der Waals surface area contributed by atoms with Crippen LogP contribution in [0.25, 0.3) is 0 Å². The van der Waals surface area contributed by atoms with E-state index in [0.717, 1.165) is 10.0 Å². The minimum absolute atomic E-state index is 0.286. The highest BCUT2D eigenvalue weighted by molar-refractivity contribution is 9.10. The van der Waals surface area contributed by atoms with E-state index in [4.69, 9.17) is 4.74 Å². The third-order valence-corrected chi connectivity index (χ3v) is 2.81. The molecule has 1 aromatic rings. The van der Waals surface area contributed by atoms with Crippen LogP contribution in [0.2, 0.25) is 0 Å². The number of nitrogens with zero attached hydrogens (tertiary/aromatic N) is 2. The smallest absolute Gasteiger partial charge is 0.410 e. The Morgan fingerprint density at radius 2 is 2.05 bits per heavy atom. The normalized spacial score (nSPS) is 11.6. The van der Waals surface area contributed by atoms with Gasteiger partial charge in [0.15, 0.2) is 0 Å². The van der Waals surface area contributed by atoms with Crippen LogP contribution in [0.15, 0.2) is 22.9 Å². The molecule has 112 valence electrons. The summed E-state index contributed by atoms with van der Waals surface area (Å²) in [6.07, 6.45) is 3.21. The van der Waals surface area contributed by atoms with E-state index < -0.39 is 5.60 Å². The molecule has 0 atom stereocenters. The van der Waals surface area contributed by atoms with Crippen LogP contribution in [0.3, 0.4) is 0 Å². The van der Waals surface area contributed by atoms with Crippen molar-refractivity contribution in [3.05, 3.63) is 28.5 Å². The number of ether oxygens (including phenoxy) is 1. The van der Waals surface area contributed by atoms with Crippen molar-refractivity contribution in [3.63, 3.8) is 0 Å². The van der Waals surface area contributed by atoms with Crippen LogP contribution in [0.5, 0.6) is 0 Å². The zero-order chi connectivity index (χ0) is 15.3. The van der Waals surface area contributed by atoms with Gasteiger partial charge in [-0.1, -0.05) is 13.8 Å². The molecular weight excluding hydrogens is 320 g/mol. The summed E-state index contributed by atoms with van der Waals surface area (Å²) >= 11 is 3.39. The summed E-state index contributed by atoms with van der Waals surface area (Å²) in [6, 6.07) is 1.96. The van der Waals surface area contributed by atoms with Gasteiger partial charge in [0.25, 0.3) is 0 Å². The number of halogens is 1. The van der Waals surface area contributed by atoms with Crippen molar-refractivity contribution in [1.29, 1.82) is 0 Å². The molecule has 20 heavy (non-hydrogen) atoms. The Morgan fingerprint density at radius 1 is 1.40 bits per heavy atom. The van der Waals surface area contributed by atoms with E-state index in [2.05, 4.69) is 34.8 Å². The van der Waals surface area contributed by atoms with Gasteiger partial charge in [0, 0.05) is 23.4 Å². The molecule has 1 aromatic heterocycles. The van der Waals surface area contributed by atoms with E-state index in [9.17, 15) is 4.79 Å². The molecular formula is C15H23BrN2O2. The van der Waals surface area contributed by atoms with Gasteiger partial charge < -0.3 is 9.64 Å². The van der Waals surface area contributed by atoms with E-state index in [1.807, 2.05) is 26.8 Å². The first-order valence-corrected chi connectivity index (χ1v) is 7.54. The van der Waals surface area contributed by atoms with Gasteiger partial charge >= 0.3 is 6.09 Å². The Kier molecular flexibility index (Phi) is 5.99. The molecule has 0 saturated heterocycles. The average Bonchev–Trinajstić information content (AvgIpc) is 2.25. The molecule has 1 amide bonds. The van der Waals surface area contributed by atoms with Gasteiger partial charge in [-0.2, -0.15) is 0 Å². The van der Waals surface area contributed by atoms with Gasteiger partial charge in [-0.25, -0.2) is 4.79 Å². The summed E-state index contributed by atoms with van der Waals surface area (Å²) in [5, 5.41) is 0. The minimum Gasteiger partial charge on any atom is -0.444 e. The zero-order valence-electron chi connectivity index (χ0n) is 12.8. The van der Waals surface area contributed by atoms with Crippen LogP contribution in [0.1, 0.15) is 40.2 Å². The average molecular weight is 343 g/mol. The fourth-order valence-corrected chi connectivity index (χ4v) is 2.15. The first-order chi connectivity index (χ1) is 9.17. The first kappa shape index (κ1) is 17.0. The van der Waals surface area contributed by atoms with Crippen molar-refractivity contribution in [1.82, 2.24) is 9.88 Å². The number of hydrogen-bond acceptors (Lipinski definition) is 3. The van der Waals surface area contributed by atoms with Gasteiger partial charge in [0.05, 0.1) is 6.54 Å². The number of carbonyl (C=O) groups is 1. The Hall–Kier alpha value is -1.10. The molecule has 1 rings (SSSR count). The fraction of sp³-hybridized carbons (Fsp3) is 0.600. The second kappa shape index (κ2) is 7.07. The topological polar surface area (TPSA) is 42.4 Å². The summed E-state index contributed by atoms with van der Waals surface area (Å²) in [4.78, 5) is 18.1. The Balaban J connectivity index is 2.81. The Labute approximate surface area is 129 Å². The summed E-state index contributed by atoms with van der Waals surface area (Å²) in [5.74, 6) is 0.377. The standard InChI is InChI=1S/C15H23BrN2O2/c1-11(2)9-18(14(19)20-15(3,4)5)10-12-6-13(16)8-17-7-12/h6-8,11H,9-10H2,1-5H3. The third kappa shape index (κ3) is 6.37. The van der Waals surface area contributed by atoms with E-state index in [1.54, 1.807) is 17.3 Å². The van der Waals surface area contributed by atoms with Crippen LogP contribution in [-0.4, -0.2) is 28.1 Å². The lowest BCUT2D eigenvalue weighted by Gasteiger charge is -2.28. The van der Waals surface area contributed by atoms with E-state index in [-0.39, 0.29) is 6.09 Å². The lowest BCUT2D eigenvalue weighted by Crippen LogP contribution is -2.38. The van der Waals surface area contributed by atoms with E-state index in [1.165, 1.54) is 0 Å². The number of rotatable bonds is 4. The van der Waals surface area contributed by atoms with Crippen molar-refractivity contribution in [2.75, 3.05) is 6.54 Å². The van der Waals surface area contributed by atoms with Crippen molar-refractivity contribution >= 4 is 22.0 Å². The minimum atomic E-state index is -0.484. The van der Waals surface area contributed by atoms with Crippen LogP contribution < -0.4 is 0 Å². The van der Waals surface area contributed by atoms with E-state index >= 15 is 0 Å². The van der Waals surface area contributed by atoms with Crippen LogP contribution in [0.4, 0.5) is 4.79 Å². The van der Waals surface area contributed by atoms with Crippen molar-refractivity contribution in [3.8, 4) is 0 Å². The highest BCUT2D eigenvalue weighted by Gasteiger charge is 2.23. The monoisotopic (exact) mass is 342 g/mol. The molecule has 5 heteroatoms. The maximum absolute atomic E-state index is 12.3. The Morgan fingerprint density at radius 3 is 2.55 bits per heavy atom. The van der Waals surface area contributed by atoms with Gasteiger partial charge in [-0.05, 0) is 54.2 Å². The molecule has 4 nitrogen and oxygen atoms in total. The zero-order valence-corrected chi connectivity index (χ0v) is 14.4. The van der Waals surface area contributed by atoms with Gasteiger partial charge in [-0.15, -0.1) is 0 Å². The van der Waals surface area contributed by atoms with E-state index in [0.29, 0.717) is 19.0 Å². The highest BCUT2D eigenvalue weighted by atomic mass is 79.9. The van der Waals surface area contributed by atoms with Gasteiger partial charge in [0.1, 0.15) is 5.60 Å². The molecule has 0 fully saturated rings. The summed E-state index contributed by atoms with van der Waals surface area (Å²) < 4.78 is 6.36. The maximum atomic E-state index is 12.3. The van der Waals surface area contributed by atoms with Crippen molar-refractivity contribution in [2.24, 2.45) is 5.92 Å². The molecule has 0 unspecified atom stereocenters. The quantitative estimate of drug-likeness (QED) is 0.821. The van der Waals surface area contributed by atoms with Gasteiger partial charge in [0.2, 0.25) is 0 Å². The third-order valence-electron chi connectivity index (χ3n) is 2.37. The van der Waals surface area contributed by atoms with Crippen LogP contribution in [-0.2, 0) is 11.3 Å². The molecule has 0 N–H and O–H groups in total. The predicted molar refractivity (Wildman–Crippen MR) is 83.4 cm³/mol. The van der Waals surface area contributed by atoms with Crippen LogP contribution in [0, 0.1) is 5.92 Å². The SMILES string of the molecule is CC(C)CN(Cc1cncc(Br)c1)C(=O)OC(C)(C)C. The fourth-order valence-electron chi connectivity index (χ4n) is 1.73. The number of amides is 1. The molecule has 0 saturated carbocycles. The van der Waals surface area contributed by atoms with Crippen molar-refractivity contribution in [2.45, 2.75) is 46.8 Å². The number of aromatic nitrogens is 1. The molecule has 0 aromatic carbocycles. The lowest BCUT2D eigenvalue weighted by molar-refractivity contribution is 0.0211. The number of pyridine rings is 1. The predicted octanol–water partition coefficient (Wildman–Crippen LogP) is 4.24. The molecule has 0 spiro atoms. The lowest BCUT2D eigenvalue weighted by atomic mass is 10.2. The largest absolute Gasteiger partial charge is 0.444 e. The summed E-state index contributed by atoms with van der Waals surface area (Å²) in [6.45, 7) is 10.9. The Bertz CT molecular complexity index is 455. The highest BCUT2D eigenvalue weighted by Crippen LogP contribution is 2.16. The molecule has 0 bridgehead atoms. The summed E-state index contributed by atoms with van der Waals surface area (Å²) in [5.41, 5.74) is 0.493. The second-order valence-electron chi connectivity index (χ2n) is 6.27. The van der Waals surface area contributed by atoms with Crippen LogP contribution >= 0.6 is 15.9 Å². The maximum Gasteiger partial charge on any atom is 0.410 e.